The highest BCUT2D eigenvalue weighted by atomic mass is 35.5. The molecule has 39 heavy (non-hydrogen) atoms. The Morgan fingerprint density at radius 1 is 0.897 bits per heavy atom. The largest absolute Gasteiger partial charge is 0.352 e. The standard InChI is InChI=1S/C30H36ClN3O4S/c1-5-23(4)32-30(36)27(6-2)33(20-24-13-8-7-9-14-24)29(35)21-34(28-15-11-10-12-22(28)3)39(37,38)26-18-16-25(31)17-19-26/h7-19,23,27H,5-6,20-21H2,1-4H3,(H,32,36)/t23-,27+/m0/s1. The number of sulfonamides is 1. The van der Waals surface area contributed by atoms with E-state index in [4.69, 9.17) is 11.6 Å². The van der Waals surface area contributed by atoms with Gasteiger partial charge in [0.1, 0.15) is 12.6 Å². The summed E-state index contributed by atoms with van der Waals surface area (Å²) in [6.07, 6.45) is 1.12. The molecule has 208 valence electrons. The lowest BCUT2D eigenvalue weighted by Crippen LogP contribution is -2.53. The fourth-order valence-electron chi connectivity index (χ4n) is 4.23. The monoisotopic (exact) mass is 569 g/mol. The normalized spacial score (nSPS) is 12.8. The van der Waals surface area contributed by atoms with Crippen LogP contribution in [0.4, 0.5) is 5.69 Å². The molecule has 0 aliphatic rings. The summed E-state index contributed by atoms with van der Waals surface area (Å²) in [6, 6.07) is 21.4. The summed E-state index contributed by atoms with van der Waals surface area (Å²) in [7, 11) is -4.14. The van der Waals surface area contributed by atoms with Crippen LogP contribution in [0.5, 0.6) is 0 Å². The quantitative estimate of drug-likeness (QED) is 0.309. The molecule has 7 nitrogen and oxygen atoms in total. The maximum atomic E-state index is 14.1. The third kappa shape index (κ3) is 7.61. The number of hydrogen-bond acceptors (Lipinski definition) is 4. The number of carbonyl (C=O) groups excluding carboxylic acids is 2. The van der Waals surface area contributed by atoms with Crippen molar-refractivity contribution in [1.82, 2.24) is 10.2 Å². The number of benzene rings is 3. The molecule has 9 heteroatoms. The molecule has 0 aliphatic heterocycles. The van der Waals surface area contributed by atoms with Crippen LogP contribution < -0.4 is 9.62 Å². The van der Waals surface area contributed by atoms with Gasteiger partial charge in [-0.05, 0) is 68.1 Å². The smallest absolute Gasteiger partial charge is 0.264 e. The van der Waals surface area contributed by atoms with Gasteiger partial charge in [0.25, 0.3) is 10.0 Å². The second-order valence-electron chi connectivity index (χ2n) is 9.50. The van der Waals surface area contributed by atoms with E-state index in [1.54, 1.807) is 25.1 Å². The number of rotatable bonds is 12. The molecule has 3 aromatic carbocycles. The second-order valence-corrected chi connectivity index (χ2v) is 11.8. The van der Waals surface area contributed by atoms with Crippen molar-refractivity contribution in [1.29, 1.82) is 0 Å². The van der Waals surface area contributed by atoms with Crippen LogP contribution >= 0.6 is 11.6 Å². The van der Waals surface area contributed by atoms with E-state index in [9.17, 15) is 18.0 Å². The molecule has 3 rings (SSSR count). The van der Waals surface area contributed by atoms with Crippen LogP contribution in [0.3, 0.4) is 0 Å². The van der Waals surface area contributed by atoms with Gasteiger partial charge in [0.05, 0.1) is 10.6 Å². The highest BCUT2D eigenvalue weighted by Crippen LogP contribution is 2.28. The molecule has 3 aromatic rings. The van der Waals surface area contributed by atoms with Gasteiger partial charge in [-0.2, -0.15) is 0 Å². The average molecular weight is 570 g/mol. The Balaban J connectivity index is 2.05. The summed E-state index contributed by atoms with van der Waals surface area (Å²) in [6.45, 7) is 7.20. The van der Waals surface area contributed by atoms with E-state index in [-0.39, 0.29) is 23.4 Å². The van der Waals surface area contributed by atoms with Crippen molar-refractivity contribution in [3.8, 4) is 0 Å². The van der Waals surface area contributed by atoms with Gasteiger partial charge in [0.15, 0.2) is 0 Å². The molecule has 0 aromatic heterocycles. The van der Waals surface area contributed by atoms with E-state index in [0.717, 1.165) is 16.3 Å². The van der Waals surface area contributed by atoms with Crippen LogP contribution in [0.1, 0.15) is 44.7 Å². The minimum atomic E-state index is -4.14. The molecule has 0 saturated heterocycles. The minimum Gasteiger partial charge on any atom is -0.352 e. The number of para-hydroxylation sites is 1. The molecule has 0 fully saturated rings. The van der Waals surface area contributed by atoms with Crippen LogP contribution in [0.15, 0.2) is 83.8 Å². The second kappa shape index (κ2) is 13.6. The SMILES string of the molecule is CC[C@H](C(=O)N[C@@H](C)CC)N(Cc1ccccc1)C(=O)CN(c1ccccc1C)S(=O)(=O)c1ccc(Cl)cc1. The van der Waals surface area contributed by atoms with E-state index >= 15 is 0 Å². The third-order valence-electron chi connectivity index (χ3n) is 6.65. The van der Waals surface area contributed by atoms with Crippen LogP contribution in [-0.4, -0.2) is 43.8 Å². The van der Waals surface area contributed by atoms with Crippen molar-refractivity contribution < 1.29 is 18.0 Å². The molecule has 0 radical (unpaired) electrons. The van der Waals surface area contributed by atoms with Crippen LogP contribution in [0, 0.1) is 6.92 Å². The third-order valence-corrected chi connectivity index (χ3v) is 8.67. The maximum Gasteiger partial charge on any atom is 0.264 e. The number of nitrogens with zero attached hydrogens (tertiary/aromatic N) is 2. The van der Waals surface area contributed by atoms with Crippen molar-refractivity contribution in [3.05, 3.63) is 95.0 Å². The van der Waals surface area contributed by atoms with Crippen molar-refractivity contribution in [2.75, 3.05) is 10.8 Å². The lowest BCUT2D eigenvalue weighted by Gasteiger charge is -2.34. The van der Waals surface area contributed by atoms with Crippen LogP contribution in [0.2, 0.25) is 5.02 Å². The van der Waals surface area contributed by atoms with Crippen molar-refractivity contribution in [2.24, 2.45) is 0 Å². The Morgan fingerprint density at radius 2 is 1.51 bits per heavy atom. The van der Waals surface area contributed by atoms with Crippen molar-refractivity contribution in [3.63, 3.8) is 0 Å². The number of anilines is 1. The molecule has 0 spiro atoms. The predicted octanol–water partition coefficient (Wildman–Crippen LogP) is 5.57. The summed E-state index contributed by atoms with van der Waals surface area (Å²) in [5, 5.41) is 3.38. The molecular formula is C30H36ClN3O4S. The number of nitrogens with one attached hydrogen (secondary N) is 1. The Kier molecular flexibility index (Phi) is 10.5. The van der Waals surface area contributed by atoms with Crippen molar-refractivity contribution >= 4 is 39.1 Å². The van der Waals surface area contributed by atoms with E-state index in [0.29, 0.717) is 22.7 Å². The van der Waals surface area contributed by atoms with Gasteiger partial charge in [-0.25, -0.2) is 8.42 Å². The molecule has 2 atom stereocenters. The first-order valence-electron chi connectivity index (χ1n) is 13.1. The minimum absolute atomic E-state index is 0.0131. The Labute approximate surface area is 236 Å². The number of aryl methyl sites for hydroxylation is 1. The molecule has 1 N–H and O–H groups in total. The Morgan fingerprint density at radius 3 is 2.10 bits per heavy atom. The number of halogens is 1. The highest BCUT2D eigenvalue weighted by Gasteiger charge is 2.34. The zero-order valence-electron chi connectivity index (χ0n) is 22.8. The molecule has 0 unspecified atom stereocenters. The topological polar surface area (TPSA) is 86.8 Å². The summed E-state index contributed by atoms with van der Waals surface area (Å²) < 4.78 is 28.9. The van der Waals surface area contributed by atoms with E-state index < -0.39 is 28.5 Å². The Hall–Kier alpha value is -3.36. The summed E-state index contributed by atoms with van der Waals surface area (Å²) in [4.78, 5) is 28.8. The first-order valence-corrected chi connectivity index (χ1v) is 14.9. The van der Waals surface area contributed by atoms with E-state index in [2.05, 4.69) is 5.32 Å². The molecular weight excluding hydrogens is 534 g/mol. The van der Waals surface area contributed by atoms with Crippen LogP contribution in [0.25, 0.3) is 0 Å². The van der Waals surface area contributed by atoms with Crippen molar-refractivity contribution in [2.45, 2.75) is 64.1 Å². The fraction of sp³-hybridized carbons (Fsp3) is 0.333. The zero-order valence-corrected chi connectivity index (χ0v) is 24.4. The number of amides is 2. The van der Waals surface area contributed by atoms with Gasteiger partial charge >= 0.3 is 0 Å². The fourth-order valence-corrected chi connectivity index (χ4v) is 5.84. The Bertz CT molecular complexity index is 1360. The number of hydrogen-bond donors (Lipinski definition) is 1. The molecule has 0 aliphatic carbocycles. The van der Waals surface area contributed by atoms with Gasteiger partial charge < -0.3 is 10.2 Å². The molecule has 0 saturated carbocycles. The first kappa shape index (κ1) is 30.2. The van der Waals surface area contributed by atoms with Crippen LogP contribution in [-0.2, 0) is 26.2 Å². The van der Waals surface area contributed by atoms with Gasteiger partial charge in [-0.1, -0.05) is 74.0 Å². The van der Waals surface area contributed by atoms with Gasteiger partial charge in [-0.15, -0.1) is 0 Å². The predicted molar refractivity (Wildman–Crippen MR) is 156 cm³/mol. The molecule has 0 bridgehead atoms. The highest BCUT2D eigenvalue weighted by molar-refractivity contribution is 7.92. The lowest BCUT2D eigenvalue weighted by atomic mass is 10.1. The zero-order chi connectivity index (χ0) is 28.6. The summed E-state index contributed by atoms with van der Waals surface area (Å²) in [5.74, 6) is -0.745. The molecule has 2 amide bonds. The average Bonchev–Trinajstić information content (AvgIpc) is 2.92. The number of carbonyl (C=O) groups is 2. The first-order chi connectivity index (χ1) is 18.6. The van der Waals surface area contributed by atoms with Gasteiger partial charge in [0.2, 0.25) is 11.8 Å². The maximum absolute atomic E-state index is 14.1. The van der Waals surface area contributed by atoms with E-state index in [1.807, 2.05) is 57.2 Å². The van der Waals surface area contributed by atoms with Gasteiger partial charge in [0, 0.05) is 17.6 Å². The summed E-state index contributed by atoms with van der Waals surface area (Å²) in [5.41, 5.74) is 1.92. The van der Waals surface area contributed by atoms with Gasteiger partial charge in [-0.3, -0.25) is 13.9 Å². The lowest BCUT2D eigenvalue weighted by molar-refractivity contribution is -0.140. The molecule has 0 heterocycles. The summed E-state index contributed by atoms with van der Waals surface area (Å²) >= 11 is 6.01. The van der Waals surface area contributed by atoms with E-state index in [1.165, 1.54) is 29.2 Å².